The lowest BCUT2D eigenvalue weighted by Crippen LogP contribution is -2.54. The third-order valence-corrected chi connectivity index (χ3v) is 4.33. The molecule has 1 aromatic rings. The van der Waals surface area contributed by atoms with Crippen LogP contribution in [0.15, 0.2) is 12.3 Å². The Morgan fingerprint density at radius 2 is 2.00 bits per heavy atom. The molecule has 1 aromatic heterocycles. The molecule has 2 heterocycles. The fourth-order valence-corrected chi connectivity index (χ4v) is 3.03. The molecule has 2 rings (SSSR count). The molecule has 1 aliphatic rings. The molecule has 1 fully saturated rings. The molecule has 0 unspecified atom stereocenters. The zero-order valence-corrected chi connectivity index (χ0v) is 16.3. The molecule has 11 heteroatoms. The maximum Gasteiger partial charge on any atom is 0.410 e. The van der Waals surface area contributed by atoms with E-state index in [1.165, 1.54) is 6.07 Å². The molecule has 1 aliphatic heterocycles. The lowest BCUT2D eigenvalue weighted by Gasteiger charge is -2.40. The normalized spacial score (nSPS) is 20.6. The largest absolute Gasteiger partial charge is 0.478 e. The Morgan fingerprint density at radius 3 is 2.54 bits per heavy atom. The maximum absolute atomic E-state index is 13.6. The predicted molar refractivity (Wildman–Crippen MR) is 95.6 cm³/mol. The van der Waals surface area contributed by atoms with Crippen LogP contribution in [0.3, 0.4) is 0 Å². The fourth-order valence-electron chi connectivity index (χ4n) is 2.87. The minimum atomic E-state index is -4.61. The van der Waals surface area contributed by atoms with E-state index in [4.69, 9.17) is 16.3 Å². The van der Waals surface area contributed by atoms with E-state index in [0.717, 1.165) is 11.1 Å². The average molecular weight is 424 g/mol. The van der Waals surface area contributed by atoms with Crippen molar-refractivity contribution in [1.82, 2.24) is 9.88 Å². The number of anilines is 1. The number of hydrogen-bond donors (Lipinski definition) is 2. The summed E-state index contributed by atoms with van der Waals surface area (Å²) in [4.78, 5) is 28.1. The zero-order chi connectivity index (χ0) is 21.3. The van der Waals surface area contributed by atoms with Gasteiger partial charge in [-0.05, 0) is 33.3 Å². The second-order valence-corrected chi connectivity index (χ2v) is 7.86. The number of halogens is 4. The quantitative estimate of drug-likeness (QED) is 0.713. The van der Waals surface area contributed by atoms with Gasteiger partial charge in [0.05, 0.1) is 11.6 Å². The van der Waals surface area contributed by atoms with E-state index in [0.29, 0.717) is 0 Å². The van der Waals surface area contributed by atoms with Crippen LogP contribution in [0.25, 0.3) is 0 Å². The summed E-state index contributed by atoms with van der Waals surface area (Å²) in [5.41, 5.74) is -1.18. The highest BCUT2D eigenvalue weighted by atomic mass is 35.5. The summed E-state index contributed by atoms with van der Waals surface area (Å²) in [6, 6.07) is 0.0221. The van der Waals surface area contributed by atoms with Crippen LogP contribution in [-0.2, 0) is 4.74 Å². The molecule has 28 heavy (non-hydrogen) atoms. The van der Waals surface area contributed by atoms with Crippen molar-refractivity contribution in [2.24, 2.45) is 5.92 Å². The van der Waals surface area contributed by atoms with E-state index in [1.54, 1.807) is 20.8 Å². The van der Waals surface area contributed by atoms with Crippen LogP contribution in [0.2, 0.25) is 5.15 Å². The first kappa shape index (κ1) is 22.1. The van der Waals surface area contributed by atoms with Crippen molar-refractivity contribution in [1.29, 1.82) is 0 Å². The third kappa shape index (κ3) is 5.63. The van der Waals surface area contributed by atoms with Gasteiger partial charge in [-0.2, -0.15) is 13.2 Å². The van der Waals surface area contributed by atoms with Crippen molar-refractivity contribution in [3.63, 3.8) is 0 Å². The number of nitrogens with one attached hydrogen (secondary N) is 1. The highest BCUT2D eigenvalue weighted by Crippen LogP contribution is 2.36. The van der Waals surface area contributed by atoms with E-state index in [9.17, 15) is 27.9 Å². The van der Waals surface area contributed by atoms with E-state index in [2.05, 4.69) is 10.3 Å². The summed E-state index contributed by atoms with van der Waals surface area (Å²) in [5, 5.41) is 11.8. The van der Waals surface area contributed by atoms with Crippen molar-refractivity contribution in [3.8, 4) is 0 Å². The van der Waals surface area contributed by atoms with Crippen LogP contribution in [0.4, 0.5) is 23.7 Å². The molecule has 0 aromatic carbocycles. The number of carboxylic acids is 1. The van der Waals surface area contributed by atoms with Gasteiger partial charge >= 0.3 is 18.2 Å². The molecule has 2 atom stereocenters. The van der Waals surface area contributed by atoms with Crippen LogP contribution in [0.1, 0.15) is 37.6 Å². The summed E-state index contributed by atoms with van der Waals surface area (Å²) in [6.45, 7) is 4.31. The SMILES string of the molecule is CC(C)(C)OC(=O)N1CC[C@@H](Nc2cc(Cl)ncc2C(=O)O)[C@@H](C(F)(F)F)C1. The molecule has 2 N–H and O–H groups in total. The van der Waals surface area contributed by atoms with Crippen LogP contribution >= 0.6 is 11.6 Å². The Hall–Kier alpha value is -2.23. The molecule has 0 bridgehead atoms. The van der Waals surface area contributed by atoms with Gasteiger partial charge in [0.2, 0.25) is 0 Å². The second-order valence-electron chi connectivity index (χ2n) is 7.47. The first-order chi connectivity index (χ1) is 12.8. The fraction of sp³-hybridized carbons (Fsp3) is 0.588. The molecule has 0 radical (unpaired) electrons. The number of piperidine rings is 1. The number of amides is 1. The van der Waals surface area contributed by atoms with Crippen LogP contribution in [0, 0.1) is 5.92 Å². The second kappa shape index (κ2) is 8.02. The minimum Gasteiger partial charge on any atom is -0.478 e. The summed E-state index contributed by atoms with van der Waals surface area (Å²) >= 11 is 5.76. The van der Waals surface area contributed by atoms with Crippen molar-refractivity contribution >= 4 is 29.4 Å². The van der Waals surface area contributed by atoms with Gasteiger partial charge in [-0.15, -0.1) is 0 Å². The number of carbonyl (C=O) groups excluding carboxylic acids is 1. The van der Waals surface area contributed by atoms with Gasteiger partial charge in [0, 0.05) is 25.3 Å². The maximum atomic E-state index is 13.6. The van der Waals surface area contributed by atoms with Crippen LogP contribution in [0.5, 0.6) is 0 Å². The van der Waals surface area contributed by atoms with E-state index in [1.807, 2.05) is 0 Å². The number of ether oxygens (including phenoxy) is 1. The molecule has 0 saturated carbocycles. The summed E-state index contributed by atoms with van der Waals surface area (Å²) in [5.74, 6) is -3.26. The molecule has 7 nitrogen and oxygen atoms in total. The number of aromatic nitrogens is 1. The molecule has 1 amide bonds. The lowest BCUT2D eigenvalue weighted by atomic mass is 9.91. The number of rotatable bonds is 3. The van der Waals surface area contributed by atoms with Gasteiger partial charge in [-0.25, -0.2) is 14.6 Å². The minimum absolute atomic E-state index is 0.0282. The number of alkyl halides is 3. The van der Waals surface area contributed by atoms with Crippen molar-refractivity contribution < 1.29 is 32.6 Å². The number of aromatic carboxylic acids is 1. The van der Waals surface area contributed by atoms with E-state index < -0.39 is 42.3 Å². The standard InChI is InChI=1S/C17H21ClF3N3O4/c1-16(2,3)28-15(27)24-5-4-11(10(8-24)17(19,20)21)23-12-6-13(18)22-7-9(12)14(25)26/h6-7,10-11H,4-5,8H2,1-3H3,(H,22,23)(H,25,26)/t10-,11+/m0/s1. The predicted octanol–water partition coefficient (Wildman–Crippen LogP) is 4.03. The molecular weight excluding hydrogens is 403 g/mol. The zero-order valence-electron chi connectivity index (χ0n) is 15.5. The average Bonchev–Trinajstić information content (AvgIpc) is 2.52. The van der Waals surface area contributed by atoms with Crippen molar-refractivity contribution in [2.45, 2.75) is 45.0 Å². The van der Waals surface area contributed by atoms with E-state index >= 15 is 0 Å². The lowest BCUT2D eigenvalue weighted by molar-refractivity contribution is -0.187. The Labute approximate surface area is 164 Å². The van der Waals surface area contributed by atoms with Gasteiger partial charge < -0.3 is 20.1 Å². The van der Waals surface area contributed by atoms with Crippen molar-refractivity contribution in [3.05, 3.63) is 23.0 Å². The monoisotopic (exact) mass is 423 g/mol. The number of likely N-dealkylation sites (tertiary alicyclic amines) is 1. The van der Waals surface area contributed by atoms with Gasteiger partial charge in [0.1, 0.15) is 16.3 Å². The number of carbonyl (C=O) groups is 2. The van der Waals surface area contributed by atoms with Crippen molar-refractivity contribution in [2.75, 3.05) is 18.4 Å². The van der Waals surface area contributed by atoms with Crippen LogP contribution in [-0.4, -0.2) is 58.0 Å². The van der Waals surface area contributed by atoms with E-state index in [-0.39, 0.29) is 29.4 Å². The summed E-state index contributed by atoms with van der Waals surface area (Å²) in [6.07, 6.45) is -4.51. The third-order valence-electron chi connectivity index (χ3n) is 4.13. The smallest absolute Gasteiger partial charge is 0.410 e. The first-order valence-electron chi connectivity index (χ1n) is 8.48. The Balaban J connectivity index is 2.23. The Kier molecular flexibility index (Phi) is 6.32. The topological polar surface area (TPSA) is 91.8 Å². The van der Waals surface area contributed by atoms with Crippen LogP contribution < -0.4 is 5.32 Å². The molecule has 0 aliphatic carbocycles. The van der Waals surface area contributed by atoms with Gasteiger partial charge in [0.15, 0.2) is 0 Å². The number of pyridine rings is 1. The summed E-state index contributed by atoms with van der Waals surface area (Å²) < 4.78 is 46.1. The molecule has 156 valence electrons. The number of nitrogens with zero attached hydrogens (tertiary/aromatic N) is 2. The first-order valence-corrected chi connectivity index (χ1v) is 8.86. The highest BCUT2D eigenvalue weighted by Gasteiger charge is 2.49. The van der Waals surface area contributed by atoms with Gasteiger partial charge in [0.25, 0.3) is 0 Å². The van der Waals surface area contributed by atoms with Gasteiger partial charge in [-0.1, -0.05) is 11.6 Å². The Morgan fingerprint density at radius 1 is 1.36 bits per heavy atom. The number of hydrogen-bond acceptors (Lipinski definition) is 5. The molecule has 1 saturated heterocycles. The highest BCUT2D eigenvalue weighted by molar-refractivity contribution is 6.29. The Bertz CT molecular complexity index is 752. The molecule has 0 spiro atoms. The van der Waals surface area contributed by atoms with Gasteiger partial charge in [-0.3, -0.25) is 0 Å². The summed E-state index contributed by atoms with van der Waals surface area (Å²) in [7, 11) is 0. The molecular formula is C17H21ClF3N3O4. The number of carboxylic acid groups (broad SMARTS) is 1.